The molecule has 0 saturated carbocycles. The van der Waals surface area contributed by atoms with E-state index in [9.17, 15) is 8.78 Å². The van der Waals surface area contributed by atoms with E-state index >= 15 is 0 Å². The molecule has 21 heavy (non-hydrogen) atoms. The van der Waals surface area contributed by atoms with Gasteiger partial charge in [-0.25, -0.2) is 8.78 Å². The zero-order valence-electron chi connectivity index (χ0n) is 10.9. The van der Waals surface area contributed by atoms with Gasteiger partial charge in [0.15, 0.2) is 5.15 Å². The molecule has 2 aromatic carbocycles. The smallest absolute Gasteiger partial charge is 0.159 e. The summed E-state index contributed by atoms with van der Waals surface area (Å²) in [6.45, 7) is 0. The summed E-state index contributed by atoms with van der Waals surface area (Å²) in [7, 11) is 1.34. The molecule has 3 aromatic rings. The van der Waals surface area contributed by atoms with E-state index in [0.29, 0.717) is 10.8 Å². The second-order valence-corrected chi connectivity index (χ2v) is 4.71. The first-order valence-corrected chi connectivity index (χ1v) is 6.44. The van der Waals surface area contributed by atoms with E-state index < -0.39 is 11.6 Å². The third-order valence-corrected chi connectivity index (χ3v) is 3.41. The molecule has 0 saturated heterocycles. The maximum Gasteiger partial charge on any atom is 0.159 e. The fraction of sp³-hybridized carbons (Fsp3) is 0.0667. The molecule has 106 valence electrons. The highest BCUT2D eigenvalue weighted by atomic mass is 35.5. The van der Waals surface area contributed by atoms with Gasteiger partial charge in [-0.05, 0) is 0 Å². The van der Waals surface area contributed by atoms with Gasteiger partial charge < -0.3 is 4.74 Å². The molecule has 0 bridgehead atoms. The molecule has 3 rings (SSSR count). The molecule has 0 unspecified atom stereocenters. The van der Waals surface area contributed by atoms with Crippen LogP contribution in [-0.2, 0) is 0 Å². The van der Waals surface area contributed by atoms with Crippen molar-refractivity contribution in [2.75, 3.05) is 7.11 Å². The van der Waals surface area contributed by atoms with Crippen LogP contribution in [0.1, 0.15) is 0 Å². The number of nitrogens with zero attached hydrogens (tertiary/aromatic N) is 2. The molecule has 1 heterocycles. The molecule has 0 atom stereocenters. The first kappa shape index (κ1) is 13.7. The molecule has 0 amide bonds. The summed E-state index contributed by atoms with van der Waals surface area (Å²) < 4.78 is 33.2. The maximum absolute atomic E-state index is 14.2. The van der Waals surface area contributed by atoms with Crippen molar-refractivity contribution < 1.29 is 13.5 Å². The van der Waals surface area contributed by atoms with E-state index in [1.807, 2.05) is 0 Å². The average molecular weight is 307 g/mol. The normalized spacial score (nSPS) is 10.9. The van der Waals surface area contributed by atoms with Gasteiger partial charge >= 0.3 is 0 Å². The highest BCUT2D eigenvalue weighted by Crippen LogP contribution is 2.34. The highest BCUT2D eigenvalue weighted by molar-refractivity contribution is 6.34. The number of halogens is 3. The minimum absolute atomic E-state index is 0.0972. The maximum atomic E-state index is 14.2. The van der Waals surface area contributed by atoms with Gasteiger partial charge in [0.1, 0.15) is 23.1 Å². The number of benzene rings is 2. The van der Waals surface area contributed by atoms with Crippen molar-refractivity contribution in [1.82, 2.24) is 10.2 Å². The number of rotatable bonds is 2. The zero-order valence-corrected chi connectivity index (χ0v) is 11.7. The van der Waals surface area contributed by atoms with Gasteiger partial charge in [-0.2, -0.15) is 0 Å². The Labute approximate surface area is 124 Å². The lowest BCUT2D eigenvalue weighted by Crippen LogP contribution is -1.98. The molecule has 1 aromatic heterocycles. The molecule has 0 aliphatic heterocycles. The molecule has 0 aliphatic rings. The lowest BCUT2D eigenvalue weighted by Gasteiger charge is -2.09. The quantitative estimate of drug-likeness (QED) is 0.710. The van der Waals surface area contributed by atoms with E-state index in [4.69, 9.17) is 16.3 Å². The van der Waals surface area contributed by atoms with E-state index in [1.165, 1.54) is 7.11 Å². The first-order valence-electron chi connectivity index (χ1n) is 6.06. The molecule has 0 radical (unpaired) electrons. The van der Waals surface area contributed by atoms with Gasteiger partial charge in [-0.1, -0.05) is 35.9 Å². The third kappa shape index (κ3) is 2.29. The Kier molecular flexibility index (Phi) is 3.43. The van der Waals surface area contributed by atoms with Crippen molar-refractivity contribution in [2.24, 2.45) is 0 Å². The van der Waals surface area contributed by atoms with Crippen LogP contribution in [0.4, 0.5) is 8.78 Å². The van der Waals surface area contributed by atoms with Crippen molar-refractivity contribution in [1.29, 1.82) is 0 Å². The summed E-state index contributed by atoms with van der Waals surface area (Å²) in [6, 6.07) is 9.11. The fourth-order valence-corrected chi connectivity index (χ4v) is 2.35. The Morgan fingerprint density at radius 3 is 2.24 bits per heavy atom. The van der Waals surface area contributed by atoms with E-state index in [0.717, 1.165) is 12.1 Å². The molecule has 0 fully saturated rings. The molecule has 0 aliphatic carbocycles. The number of aromatic nitrogens is 2. The molecular formula is C15H9ClF2N2O. The van der Waals surface area contributed by atoms with E-state index in [-0.39, 0.29) is 22.2 Å². The second-order valence-electron chi connectivity index (χ2n) is 4.35. The standard InChI is InChI=1S/C15H9ClF2N2O/c1-21-8-6-11(17)13(12(18)7-8)14-9-4-2-3-5-10(9)15(16)20-19-14/h2-7H,1H3. The predicted octanol–water partition coefficient (Wildman–Crippen LogP) is 4.24. The Bertz CT molecular complexity index is 816. The van der Waals surface area contributed by atoms with Crippen molar-refractivity contribution in [2.45, 2.75) is 0 Å². The van der Waals surface area contributed by atoms with Gasteiger partial charge in [0.25, 0.3) is 0 Å². The monoisotopic (exact) mass is 306 g/mol. The van der Waals surface area contributed by atoms with Crippen LogP contribution in [0, 0.1) is 11.6 Å². The Morgan fingerprint density at radius 2 is 1.62 bits per heavy atom. The topological polar surface area (TPSA) is 35.0 Å². The SMILES string of the molecule is COc1cc(F)c(-c2nnc(Cl)c3ccccc23)c(F)c1. The summed E-state index contributed by atoms with van der Waals surface area (Å²) in [4.78, 5) is 0. The van der Waals surface area contributed by atoms with Gasteiger partial charge in [0, 0.05) is 22.9 Å². The lowest BCUT2D eigenvalue weighted by molar-refractivity contribution is 0.407. The zero-order chi connectivity index (χ0) is 15.0. The summed E-state index contributed by atoms with van der Waals surface area (Å²) in [5.74, 6) is -1.44. The molecule has 0 N–H and O–H groups in total. The van der Waals surface area contributed by atoms with Crippen LogP contribution in [0.5, 0.6) is 5.75 Å². The van der Waals surface area contributed by atoms with Gasteiger partial charge in [-0.3, -0.25) is 0 Å². The van der Waals surface area contributed by atoms with Crippen molar-refractivity contribution in [3.63, 3.8) is 0 Å². The van der Waals surface area contributed by atoms with Gasteiger partial charge in [0.05, 0.1) is 12.7 Å². The number of hydrogen-bond acceptors (Lipinski definition) is 3. The molecule has 6 heteroatoms. The Morgan fingerprint density at radius 1 is 1.00 bits per heavy atom. The summed E-state index contributed by atoms with van der Waals surface area (Å²) in [6.07, 6.45) is 0. The van der Waals surface area contributed by atoms with Crippen LogP contribution < -0.4 is 4.74 Å². The predicted molar refractivity (Wildman–Crippen MR) is 76.5 cm³/mol. The fourth-order valence-electron chi connectivity index (χ4n) is 2.15. The Balaban J connectivity index is 2.34. The summed E-state index contributed by atoms with van der Waals surface area (Å²) in [5.41, 5.74) is -0.149. The van der Waals surface area contributed by atoms with Gasteiger partial charge in [0.2, 0.25) is 0 Å². The van der Waals surface area contributed by atoms with Crippen LogP contribution in [0.15, 0.2) is 36.4 Å². The molecule has 3 nitrogen and oxygen atoms in total. The lowest BCUT2D eigenvalue weighted by atomic mass is 10.0. The second kappa shape index (κ2) is 5.26. The third-order valence-electron chi connectivity index (χ3n) is 3.13. The number of ether oxygens (including phenoxy) is 1. The van der Waals surface area contributed by atoms with Crippen LogP contribution in [-0.4, -0.2) is 17.3 Å². The van der Waals surface area contributed by atoms with E-state index in [2.05, 4.69) is 10.2 Å². The first-order chi connectivity index (χ1) is 10.1. The van der Waals surface area contributed by atoms with Crippen LogP contribution in [0.2, 0.25) is 5.15 Å². The summed E-state index contributed by atoms with van der Waals surface area (Å²) >= 11 is 5.96. The largest absolute Gasteiger partial charge is 0.497 e. The van der Waals surface area contributed by atoms with Crippen LogP contribution >= 0.6 is 11.6 Å². The summed E-state index contributed by atoms with van der Waals surface area (Å²) in [5, 5.41) is 8.90. The van der Waals surface area contributed by atoms with E-state index in [1.54, 1.807) is 24.3 Å². The average Bonchev–Trinajstić information content (AvgIpc) is 2.49. The number of fused-ring (bicyclic) bond motifs is 1. The van der Waals surface area contributed by atoms with Crippen LogP contribution in [0.25, 0.3) is 22.0 Å². The molecule has 0 spiro atoms. The van der Waals surface area contributed by atoms with Crippen molar-refractivity contribution >= 4 is 22.4 Å². The number of methoxy groups -OCH3 is 1. The Hall–Kier alpha value is -2.27. The van der Waals surface area contributed by atoms with Crippen molar-refractivity contribution in [3.05, 3.63) is 53.2 Å². The minimum atomic E-state index is -0.770. The molecular weight excluding hydrogens is 298 g/mol. The van der Waals surface area contributed by atoms with Crippen molar-refractivity contribution in [3.8, 4) is 17.0 Å². The van der Waals surface area contributed by atoms with Crippen LogP contribution in [0.3, 0.4) is 0 Å². The minimum Gasteiger partial charge on any atom is -0.497 e. The highest BCUT2D eigenvalue weighted by Gasteiger charge is 2.19. The number of hydrogen-bond donors (Lipinski definition) is 0. The van der Waals surface area contributed by atoms with Gasteiger partial charge in [-0.15, -0.1) is 10.2 Å².